The molecule has 1 saturated carbocycles. The molecule has 144 valence electrons. The van der Waals surface area contributed by atoms with Gasteiger partial charge in [-0.15, -0.1) is 0 Å². The number of hydrogen-bond acceptors (Lipinski definition) is 3. The lowest BCUT2D eigenvalue weighted by Crippen LogP contribution is -2.61. The molecule has 3 nitrogen and oxygen atoms in total. The van der Waals surface area contributed by atoms with Gasteiger partial charge in [-0.05, 0) is 38.8 Å². The van der Waals surface area contributed by atoms with Crippen LogP contribution in [-0.4, -0.2) is 40.6 Å². The van der Waals surface area contributed by atoms with Crippen molar-refractivity contribution in [2.24, 2.45) is 0 Å². The largest absolute Gasteiger partial charge is 0.430 e. The van der Waals surface area contributed by atoms with Gasteiger partial charge in [0.05, 0.1) is 0 Å². The molecular formula is C20H43NO2Si. The van der Waals surface area contributed by atoms with Crippen molar-refractivity contribution >= 4 is 8.72 Å². The van der Waals surface area contributed by atoms with E-state index in [-0.39, 0.29) is 0 Å². The average molecular weight is 358 g/mol. The van der Waals surface area contributed by atoms with Gasteiger partial charge in [0.15, 0.2) is 0 Å². The summed E-state index contributed by atoms with van der Waals surface area (Å²) in [6.07, 6.45) is 17.2. The van der Waals surface area contributed by atoms with Crippen molar-refractivity contribution in [2.75, 3.05) is 27.3 Å². The van der Waals surface area contributed by atoms with Gasteiger partial charge in [-0.2, -0.15) is 0 Å². The fourth-order valence-corrected chi connectivity index (χ4v) is 8.23. The van der Waals surface area contributed by atoms with Gasteiger partial charge >= 0.3 is 8.72 Å². The highest BCUT2D eigenvalue weighted by molar-refractivity contribution is 6.66. The predicted molar refractivity (Wildman–Crippen MR) is 106 cm³/mol. The Morgan fingerprint density at radius 2 is 1.25 bits per heavy atom. The first kappa shape index (κ1) is 22.1. The zero-order valence-electron chi connectivity index (χ0n) is 16.9. The number of unbranched alkanes of at least 4 members (excludes halogenated alkanes) is 6. The Balaban J connectivity index is 2.74. The Bertz CT molecular complexity index is 279. The molecule has 0 heterocycles. The Hall–Kier alpha value is 0.0969. The van der Waals surface area contributed by atoms with Gasteiger partial charge in [-0.3, -0.25) is 4.57 Å². The molecule has 0 radical (unpaired) electrons. The van der Waals surface area contributed by atoms with Gasteiger partial charge in [0.2, 0.25) is 0 Å². The van der Waals surface area contributed by atoms with Crippen molar-refractivity contribution in [1.82, 2.24) is 4.57 Å². The van der Waals surface area contributed by atoms with Crippen LogP contribution in [0.5, 0.6) is 0 Å². The van der Waals surface area contributed by atoms with Crippen LogP contribution < -0.4 is 0 Å². The summed E-state index contributed by atoms with van der Waals surface area (Å²) in [6, 6.07) is 0. The highest BCUT2D eigenvalue weighted by atomic mass is 28.4. The second-order valence-electron chi connectivity index (χ2n) is 7.48. The van der Waals surface area contributed by atoms with Crippen molar-refractivity contribution in [1.29, 1.82) is 0 Å². The Morgan fingerprint density at radius 1 is 0.750 bits per heavy atom. The molecule has 4 heteroatoms. The molecule has 1 fully saturated rings. The van der Waals surface area contributed by atoms with Gasteiger partial charge in [-0.25, -0.2) is 0 Å². The monoisotopic (exact) mass is 357 g/mol. The van der Waals surface area contributed by atoms with Crippen LogP contribution >= 0.6 is 0 Å². The van der Waals surface area contributed by atoms with Gasteiger partial charge in [0.1, 0.15) is 0 Å². The first-order valence-electron chi connectivity index (χ1n) is 10.6. The SMILES string of the molecule is CCCCCCN(CCCCCC)[Si](OC)(OC)C1CCCCC1. The van der Waals surface area contributed by atoms with Crippen LogP contribution in [0.2, 0.25) is 5.54 Å². The van der Waals surface area contributed by atoms with Gasteiger partial charge < -0.3 is 8.85 Å². The molecule has 0 aliphatic heterocycles. The zero-order valence-corrected chi connectivity index (χ0v) is 17.9. The van der Waals surface area contributed by atoms with Crippen LogP contribution in [-0.2, 0) is 8.85 Å². The Kier molecular flexibility index (Phi) is 12.3. The third-order valence-corrected chi connectivity index (χ3v) is 9.82. The van der Waals surface area contributed by atoms with E-state index in [0.29, 0.717) is 5.54 Å². The Labute approximate surface area is 152 Å². The minimum atomic E-state index is -2.26. The first-order chi connectivity index (χ1) is 11.7. The van der Waals surface area contributed by atoms with Gasteiger partial charge in [-0.1, -0.05) is 71.6 Å². The van der Waals surface area contributed by atoms with E-state index in [0.717, 1.165) is 13.1 Å². The standard InChI is InChI=1S/C20H43NO2Si/c1-5-7-9-14-18-21(19-15-10-8-6-2)24(22-3,23-4)20-16-12-11-13-17-20/h20H,5-19H2,1-4H3. The van der Waals surface area contributed by atoms with Crippen LogP contribution in [0.25, 0.3) is 0 Å². The van der Waals surface area contributed by atoms with Crippen LogP contribution in [0.4, 0.5) is 0 Å². The highest BCUT2D eigenvalue weighted by Gasteiger charge is 2.50. The van der Waals surface area contributed by atoms with Crippen molar-refractivity contribution in [2.45, 2.75) is 103 Å². The van der Waals surface area contributed by atoms with E-state index in [4.69, 9.17) is 8.85 Å². The van der Waals surface area contributed by atoms with E-state index >= 15 is 0 Å². The highest BCUT2D eigenvalue weighted by Crippen LogP contribution is 2.39. The minimum Gasteiger partial charge on any atom is -0.386 e. The molecule has 24 heavy (non-hydrogen) atoms. The van der Waals surface area contributed by atoms with E-state index in [9.17, 15) is 0 Å². The van der Waals surface area contributed by atoms with Crippen molar-refractivity contribution in [3.8, 4) is 0 Å². The van der Waals surface area contributed by atoms with Gasteiger partial charge in [0.25, 0.3) is 0 Å². The molecule has 0 atom stereocenters. The van der Waals surface area contributed by atoms with Crippen molar-refractivity contribution < 1.29 is 8.85 Å². The predicted octanol–water partition coefficient (Wildman–Crippen LogP) is 6.02. The normalized spacial score (nSPS) is 16.9. The summed E-state index contributed by atoms with van der Waals surface area (Å²) in [4.78, 5) is 0. The molecule has 0 spiro atoms. The quantitative estimate of drug-likeness (QED) is 0.280. The maximum Gasteiger partial charge on any atom is 0.430 e. The lowest BCUT2D eigenvalue weighted by Gasteiger charge is -2.44. The fraction of sp³-hybridized carbons (Fsp3) is 1.00. The lowest BCUT2D eigenvalue weighted by atomic mass is 10.0. The van der Waals surface area contributed by atoms with Crippen LogP contribution in [0, 0.1) is 0 Å². The Morgan fingerprint density at radius 3 is 1.67 bits per heavy atom. The summed E-state index contributed by atoms with van der Waals surface area (Å²) in [7, 11) is 1.57. The van der Waals surface area contributed by atoms with E-state index in [1.807, 2.05) is 14.2 Å². The summed E-state index contributed by atoms with van der Waals surface area (Å²) >= 11 is 0. The summed E-state index contributed by atoms with van der Waals surface area (Å²) in [5.41, 5.74) is 0.651. The summed E-state index contributed by atoms with van der Waals surface area (Å²) in [5, 5.41) is 0. The second kappa shape index (κ2) is 13.3. The van der Waals surface area contributed by atoms with Crippen LogP contribution in [0.1, 0.15) is 97.3 Å². The first-order valence-corrected chi connectivity index (χ1v) is 12.4. The van der Waals surface area contributed by atoms with E-state index in [1.165, 1.54) is 83.5 Å². The molecule has 0 unspecified atom stereocenters. The van der Waals surface area contributed by atoms with Crippen LogP contribution in [0.15, 0.2) is 0 Å². The summed E-state index contributed by atoms with van der Waals surface area (Å²) in [5.74, 6) is 0. The minimum absolute atomic E-state index is 0.651. The molecule has 0 aromatic rings. The molecule has 0 bridgehead atoms. The molecule has 0 aromatic heterocycles. The third-order valence-electron chi connectivity index (χ3n) is 5.71. The molecule has 0 saturated heterocycles. The number of hydrogen-bond donors (Lipinski definition) is 0. The molecule has 1 aliphatic rings. The maximum atomic E-state index is 6.25. The smallest absolute Gasteiger partial charge is 0.386 e. The maximum absolute atomic E-state index is 6.25. The topological polar surface area (TPSA) is 21.7 Å². The third kappa shape index (κ3) is 6.78. The van der Waals surface area contributed by atoms with E-state index in [2.05, 4.69) is 18.4 Å². The van der Waals surface area contributed by atoms with Gasteiger partial charge in [0, 0.05) is 19.8 Å². The number of nitrogens with zero attached hydrogens (tertiary/aromatic N) is 1. The molecule has 0 amide bonds. The second-order valence-corrected chi connectivity index (χ2v) is 11.0. The lowest BCUT2D eigenvalue weighted by molar-refractivity contribution is 0.138. The molecule has 0 aromatic carbocycles. The van der Waals surface area contributed by atoms with Crippen LogP contribution in [0.3, 0.4) is 0 Å². The summed E-state index contributed by atoms with van der Waals surface area (Å²) < 4.78 is 15.2. The average Bonchev–Trinajstić information content (AvgIpc) is 2.64. The summed E-state index contributed by atoms with van der Waals surface area (Å²) in [6.45, 7) is 6.90. The molecule has 1 aliphatic carbocycles. The van der Waals surface area contributed by atoms with Crippen molar-refractivity contribution in [3.05, 3.63) is 0 Å². The zero-order chi connectivity index (χ0) is 17.7. The molecule has 1 rings (SSSR count). The fourth-order valence-electron chi connectivity index (χ4n) is 4.28. The van der Waals surface area contributed by atoms with E-state index < -0.39 is 8.72 Å². The number of rotatable bonds is 14. The van der Waals surface area contributed by atoms with Crippen molar-refractivity contribution in [3.63, 3.8) is 0 Å². The van der Waals surface area contributed by atoms with E-state index in [1.54, 1.807) is 0 Å². The molecular weight excluding hydrogens is 314 g/mol. The molecule has 0 N–H and O–H groups in total.